The first-order valence-corrected chi connectivity index (χ1v) is 4.28. The predicted molar refractivity (Wildman–Crippen MR) is 52.7 cm³/mol. The van der Waals surface area contributed by atoms with E-state index in [0.29, 0.717) is 0 Å². The molecule has 0 aromatic rings. The van der Waals surface area contributed by atoms with Crippen LogP contribution in [0, 0.1) is 0 Å². The number of likely N-dealkylation sites (N-methyl/N-ethyl adjacent to an activating group) is 1. The van der Waals surface area contributed by atoms with Gasteiger partial charge in [0.15, 0.2) is 0 Å². The van der Waals surface area contributed by atoms with Crippen LogP contribution in [0.15, 0.2) is 36.1 Å². The summed E-state index contributed by atoms with van der Waals surface area (Å²) in [5.41, 5.74) is 6.62. The topological polar surface area (TPSA) is 29.3 Å². The van der Waals surface area contributed by atoms with E-state index in [0.717, 1.165) is 19.5 Å². The number of hydrogen-bond acceptors (Lipinski definition) is 2. The van der Waals surface area contributed by atoms with Crippen molar-refractivity contribution >= 4 is 0 Å². The van der Waals surface area contributed by atoms with Crippen LogP contribution in [0.4, 0.5) is 0 Å². The molecule has 0 saturated heterocycles. The predicted octanol–water partition coefficient (Wildman–Crippen LogP) is 1.28. The Morgan fingerprint density at radius 1 is 1.67 bits per heavy atom. The lowest BCUT2D eigenvalue weighted by atomic mass is 10.2. The Bertz CT molecular complexity index is 214. The van der Waals surface area contributed by atoms with Gasteiger partial charge in [-0.25, -0.2) is 0 Å². The molecule has 1 rings (SSSR count). The van der Waals surface area contributed by atoms with E-state index in [9.17, 15) is 0 Å². The minimum absolute atomic E-state index is 0.726. The summed E-state index contributed by atoms with van der Waals surface area (Å²) in [6, 6.07) is 0. The summed E-state index contributed by atoms with van der Waals surface area (Å²) in [5, 5.41) is 0. The highest BCUT2D eigenvalue weighted by Gasteiger charge is 1.95. The van der Waals surface area contributed by atoms with Crippen LogP contribution < -0.4 is 5.73 Å². The monoisotopic (exact) mass is 164 g/mol. The van der Waals surface area contributed by atoms with Crippen molar-refractivity contribution in [3.05, 3.63) is 36.1 Å². The molecule has 0 fully saturated rings. The fourth-order valence-electron chi connectivity index (χ4n) is 1.12. The van der Waals surface area contributed by atoms with E-state index in [1.807, 2.05) is 0 Å². The standard InChI is InChI=1S/C10H16N2/c1-12-8-4-6-10(9-12)5-2-3-7-11/h2,4-6,9H,3,7-8,11H2,1H3/b5-2-. The van der Waals surface area contributed by atoms with Gasteiger partial charge in [0, 0.05) is 19.8 Å². The first kappa shape index (κ1) is 9.07. The zero-order valence-corrected chi connectivity index (χ0v) is 7.53. The van der Waals surface area contributed by atoms with Crippen LogP contribution in [0.25, 0.3) is 0 Å². The molecule has 0 saturated carbocycles. The lowest BCUT2D eigenvalue weighted by molar-refractivity contribution is 0.502. The quantitative estimate of drug-likeness (QED) is 0.680. The Morgan fingerprint density at radius 2 is 2.50 bits per heavy atom. The molecule has 2 heteroatoms. The molecule has 0 amide bonds. The van der Waals surface area contributed by atoms with Crippen LogP contribution in [0.5, 0.6) is 0 Å². The van der Waals surface area contributed by atoms with Crippen LogP contribution in [-0.4, -0.2) is 25.0 Å². The molecule has 0 aromatic carbocycles. The molecule has 1 aliphatic heterocycles. The van der Waals surface area contributed by atoms with Gasteiger partial charge < -0.3 is 10.6 Å². The second-order valence-electron chi connectivity index (χ2n) is 2.95. The van der Waals surface area contributed by atoms with Gasteiger partial charge in [-0.05, 0) is 18.5 Å². The second kappa shape index (κ2) is 4.78. The van der Waals surface area contributed by atoms with Crippen molar-refractivity contribution in [1.82, 2.24) is 4.90 Å². The Kier molecular flexibility index (Phi) is 3.61. The molecular formula is C10H16N2. The normalized spacial score (nSPS) is 17.2. The first-order chi connectivity index (χ1) is 5.83. The molecule has 0 unspecified atom stereocenters. The van der Waals surface area contributed by atoms with Gasteiger partial charge in [0.2, 0.25) is 0 Å². The average molecular weight is 164 g/mol. The molecule has 66 valence electrons. The smallest absolute Gasteiger partial charge is 0.0354 e. The SMILES string of the molecule is CN1C=C(/C=C\CCN)C=CC1. The van der Waals surface area contributed by atoms with Crippen molar-refractivity contribution in [2.24, 2.45) is 5.73 Å². The summed E-state index contributed by atoms with van der Waals surface area (Å²) in [6.45, 7) is 1.73. The van der Waals surface area contributed by atoms with Gasteiger partial charge in [-0.1, -0.05) is 24.3 Å². The molecule has 1 aliphatic rings. The largest absolute Gasteiger partial charge is 0.376 e. The number of allylic oxidation sites excluding steroid dienone is 3. The third-order valence-corrected chi connectivity index (χ3v) is 1.72. The van der Waals surface area contributed by atoms with Gasteiger partial charge in [-0.15, -0.1) is 0 Å². The minimum Gasteiger partial charge on any atom is -0.376 e. The number of nitrogens with zero attached hydrogens (tertiary/aromatic N) is 1. The lowest BCUT2D eigenvalue weighted by Gasteiger charge is -2.15. The lowest BCUT2D eigenvalue weighted by Crippen LogP contribution is -2.13. The molecule has 12 heavy (non-hydrogen) atoms. The average Bonchev–Trinajstić information content (AvgIpc) is 2.05. The Hall–Kier alpha value is -1.02. The maximum Gasteiger partial charge on any atom is 0.0354 e. The highest BCUT2D eigenvalue weighted by Crippen LogP contribution is 2.06. The summed E-state index contributed by atoms with van der Waals surface area (Å²) in [7, 11) is 2.07. The van der Waals surface area contributed by atoms with Crippen molar-refractivity contribution < 1.29 is 0 Å². The van der Waals surface area contributed by atoms with E-state index in [1.54, 1.807) is 0 Å². The van der Waals surface area contributed by atoms with E-state index in [-0.39, 0.29) is 0 Å². The van der Waals surface area contributed by atoms with Gasteiger partial charge >= 0.3 is 0 Å². The molecule has 0 aromatic heterocycles. The van der Waals surface area contributed by atoms with Crippen LogP contribution in [0.2, 0.25) is 0 Å². The fraction of sp³-hybridized carbons (Fsp3) is 0.400. The van der Waals surface area contributed by atoms with Crippen molar-refractivity contribution in [2.45, 2.75) is 6.42 Å². The third kappa shape index (κ3) is 2.93. The first-order valence-electron chi connectivity index (χ1n) is 4.28. The molecule has 2 nitrogen and oxygen atoms in total. The number of rotatable bonds is 3. The van der Waals surface area contributed by atoms with Gasteiger partial charge in [-0.3, -0.25) is 0 Å². The second-order valence-corrected chi connectivity index (χ2v) is 2.95. The minimum atomic E-state index is 0.726. The molecule has 1 heterocycles. The maximum absolute atomic E-state index is 5.37. The van der Waals surface area contributed by atoms with Crippen LogP contribution in [-0.2, 0) is 0 Å². The Labute approximate surface area is 74.0 Å². The maximum atomic E-state index is 5.37. The zero-order chi connectivity index (χ0) is 8.81. The van der Waals surface area contributed by atoms with E-state index in [2.05, 4.69) is 42.5 Å². The summed E-state index contributed by atoms with van der Waals surface area (Å²) in [4.78, 5) is 2.15. The van der Waals surface area contributed by atoms with E-state index < -0.39 is 0 Å². The Balaban J connectivity index is 2.46. The van der Waals surface area contributed by atoms with E-state index in [4.69, 9.17) is 5.73 Å². The van der Waals surface area contributed by atoms with E-state index >= 15 is 0 Å². The van der Waals surface area contributed by atoms with Gasteiger partial charge in [0.25, 0.3) is 0 Å². The Morgan fingerprint density at radius 3 is 3.17 bits per heavy atom. The van der Waals surface area contributed by atoms with Gasteiger partial charge in [0.05, 0.1) is 0 Å². The molecule has 0 bridgehead atoms. The summed E-state index contributed by atoms with van der Waals surface area (Å²) >= 11 is 0. The fourth-order valence-corrected chi connectivity index (χ4v) is 1.12. The molecule has 0 spiro atoms. The third-order valence-electron chi connectivity index (χ3n) is 1.72. The highest BCUT2D eigenvalue weighted by atomic mass is 15.1. The van der Waals surface area contributed by atoms with Crippen molar-refractivity contribution in [2.75, 3.05) is 20.1 Å². The highest BCUT2D eigenvalue weighted by molar-refractivity contribution is 5.32. The number of hydrogen-bond donors (Lipinski definition) is 1. The molecule has 0 radical (unpaired) electrons. The number of nitrogens with two attached hydrogens (primary N) is 1. The van der Waals surface area contributed by atoms with Crippen molar-refractivity contribution in [3.63, 3.8) is 0 Å². The molecule has 0 aliphatic carbocycles. The summed E-state index contributed by atoms with van der Waals surface area (Å²) < 4.78 is 0. The summed E-state index contributed by atoms with van der Waals surface area (Å²) in [6.07, 6.45) is 11.6. The van der Waals surface area contributed by atoms with Crippen LogP contribution in [0.1, 0.15) is 6.42 Å². The molecule has 2 N–H and O–H groups in total. The molecule has 0 atom stereocenters. The van der Waals surface area contributed by atoms with Crippen LogP contribution in [0.3, 0.4) is 0 Å². The van der Waals surface area contributed by atoms with E-state index in [1.165, 1.54) is 5.57 Å². The van der Waals surface area contributed by atoms with Gasteiger partial charge in [0.1, 0.15) is 0 Å². The van der Waals surface area contributed by atoms with Crippen molar-refractivity contribution in [3.8, 4) is 0 Å². The molecular weight excluding hydrogens is 148 g/mol. The van der Waals surface area contributed by atoms with Gasteiger partial charge in [-0.2, -0.15) is 0 Å². The van der Waals surface area contributed by atoms with Crippen LogP contribution >= 0.6 is 0 Å². The summed E-state index contributed by atoms with van der Waals surface area (Å²) in [5.74, 6) is 0. The zero-order valence-electron chi connectivity index (χ0n) is 7.53. The van der Waals surface area contributed by atoms with Crippen molar-refractivity contribution in [1.29, 1.82) is 0 Å².